The summed E-state index contributed by atoms with van der Waals surface area (Å²) < 4.78 is 2.17. The molecule has 3 fully saturated rings. The maximum atomic E-state index is 11.2. The molecule has 3 saturated carbocycles. The van der Waals surface area contributed by atoms with E-state index in [9.17, 15) is 5.11 Å². The van der Waals surface area contributed by atoms with E-state index in [-0.39, 0.29) is 6.10 Å². The Labute approximate surface area is 141 Å². The average Bonchev–Trinajstić information content (AvgIpc) is 2.98. The van der Waals surface area contributed by atoms with Crippen molar-refractivity contribution in [3.05, 3.63) is 23.1 Å². The van der Waals surface area contributed by atoms with Crippen LogP contribution in [0.2, 0.25) is 0 Å². The van der Waals surface area contributed by atoms with Crippen molar-refractivity contribution in [1.29, 1.82) is 0 Å². The van der Waals surface area contributed by atoms with Gasteiger partial charge in [-0.3, -0.25) is 4.40 Å². The quantitative estimate of drug-likeness (QED) is 0.854. The Bertz CT molecular complexity index is 698. The molecular formula is C19H26N2OS. The van der Waals surface area contributed by atoms with Crippen molar-refractivity contribution >= 4 is 16.2 Å². The van der Waals surface area contributed by atoms with Crippen LogP contribution in [-0.2, 0) is 0 Å². The van der Waals surface area contributed by atoms with Crippen LogP contribution in [0.5, 0.6) is 0 Å². The second-order valence-electron chi connectivity index (χ2n) is 8.22. The highest BCUT2D eigenvalue weighted by molar-refractivity contribution is 7.17. The van der Waals surface area contributed by atoms with E-state index >= 15 is 0 Å². The van der Waals surface area contributed by atoms with Crippen molar-refractivity contribution in [3.8, 4) is 0 Å². The molecule has 0 radical (unpaired) electrons. The lowest BCUT2D eigenvalue weighted by atomic mass is 9.68. The molecular weight excluding hydrogens is 304 g/mol. The summed E-state index contributed by atoms with van der Waals surface area (Å²) in [6.45, 7) is 0. The van der Waals surface area contributed by atoms with Crippen LogP contribution in [0.1, 0.15) is 86.8 Å². The second-order valence-corrected chi connectivity index (χ2v) is 9.28. The van der Waals surface area contributed by atoms with Crippen molar-refractivity contribution in [1.82, 2.24) is 9.38 Å². The lowest BCUT2D eigenvalue weighted by Gasteiger charge is -2.39. The Morgan fingerprint density at radius 3 is 2.57 bits per heavy atom. The van der Waals surface area contributed by atoms with Crippen molar-refractivity contribution in [2.75, 3.05) is 0 Å². The summed E-state index contributed by atoms with van der Waals surface area (Å²) >= 11 is 1.85. The van der Waals surface area contributed by atoms with Crippen molar-refractivity contribution in [2.24, 2.45) is 11.3 Å². The molecule has 1 unspecified atom stereocenters. The number of aliphatic hydroxyl groups excluding tert-OH is 1. The van der Waals surface area contributed by atoms with E-state index in [1.165, 1.54) is 79.6 Å². The van der Waals surface area contributed by atoms with Gasteiger partial charge in [0.15, 0.2) is 0 Å². The summed E-state index contributed by atoms with van der Waals surface area (Å²) in [5.74, 6) is 1.15. The number of thiazole rings is 1. The zero-order chi connectivity index (χ0) is 15.4. The van der Waals surface area contributed by atoms with Gasteiger partial charge in [0.05, 0.1) is 18.0 Å². The molecule has 1 spiro atoms. The third-order valence-corrected chi connectivity index (χ3v) is 8.03. The van der Waals surface area contributed by atoms with Gasteiger partial charge in [-0.05, 0) is 68.6 Å². The van der Waals surface area contributed by atoms with Crippen molar-refractivity contribution in [3.63, 3.8) is 0 Å². The van der Waals surface area contributed by atoms with Crippen LogP contribution in [-0.4, -0.2) is 14.5 Å². The predicted molar refractivity (Wildman–Crippen MR) is 92.9 cm³/mol. The number of aliphatic hydroxyl groups is 1. The first kappa shape index (κ1) is 14.5. The highest BCUT2D eigenvalue weighted by Gasteiger charge is 2.41. The summed E-state index contributed by atoms with van der Waals surface area (Å²) in [6.07, 6.45) is 17.0. The Morgan fingerprint density at radius 2 is 1.87 bits per heavy atom. The third kappa shape index (κ3) is 2.37. The molecule has 1 N–H and O–H groups in total. The smallest absolute Gasteiger partial charge is 0.120 e. The zero-order valence-corrected chi connectivity index (χ0v) is 14.5. The van der Waals surface area contributed by atoms with Crippen molar-refractivity contribution < 1.29 is 5.11 Å². The van der Waals surface area contributed by atoms with Gasteiger partial charge < -0.3 is 5.11 Å². The lowest BCUT2D eigenvalue weighted by Crippen LogP contribution is -2.28. The molecule has 2 aromatic heterocycles. The van der Waals surface area contributed by atoms with Gasteiger partial charge in [-0.1, -0.05) is 12.8 Å². The monoisotopic (exact) mass is 330 g/mol. The number of hydrogen-bond donors (Lipinski definition) is 1. The second kappa shape index (κ2) is 5.32. The standard InChI is InChI=1S/C19H26N2OS/c22-17(13-5-9-19(10-6-13)7-1-2-8-19)16-18(14-3-4-14)23-15-11-20-12-21(15)16/h11-14,17,22H,1-10H2. The van der Waals surface area contributed by atoms with Crippen LogP contribution in [0.25, 0.3) is 4.83 Å². The van der Waals surface area contributed by atoms with Gasteiger partial charge in [-0.2, -0.15) is 0 Å². The van der Waals surface area contributed by atoms with E-state index in [0.717, 1.165) is 0 Å². The first-order chi connectivity index (χ1) is 11.3. The SMILES string of the molecule is OC(c1c(C2CC2)sc2cncn12)C1CCC2(CCCC2)CC1. The molecule has 23 heavy (non-hydrogen) atoms. The van der Waals surface area contributed by atoms with E-state index in [1.807, 2.05) is 23.9 Å². The molecule has 3 nitrogen and oxygen atoms in total. The van der Waals surface area contributed by atoms with Gasteiger partial charge in [0.1, 0.15) is 11.2 Å². The normalized spacial score (nSPS) is 26.3. The third-order valence-electron chi connectivity index (χ3n) is 6.76. The number of hydrogen-bond acceptors (Lipinski definition) is 3. The Kier molecular flexibility index (Phi) is 3.35. The first-order valence-electron chi connectivity index (χ1n) is 9.38. The minimum absolute atomic E-state index is 0.299. The minimum Gasteiger partial charge on any atom is -0.387 e. The number of nitrogens with zero attached hydrogens (tertiary/aromatic N) is 2. The summed E-state index contributed by atoms with van der Waals surface area (Å²) in [4.78, 5) is 6.93. The van der Waals surface area contributed by atoms with E-state index in [2.05, 4.69) is 9.38 Å². The number of aromatic nitrogens is 2. The first-order valence-corrected chi connectivity index (χ1v) is 10.2. The topological polar surface area (TPSA) is 37.5 Å². The van der Waals surface area contributed by atoms with Gasteiger partial charge in [-0.15, -0.1) is 11.3 Å². The van der Waals surface area contributed by atoms with E-state index in [0.29, 0.717) is 17.3 Å². The minimum atomic E-state index is -0.299. The Balaban J connectivity index is 1.41. The molecule has 2 aromatic rings. The molecule has 3 aliphatic rings. The summed E-state index contributed by atoms with van der Waals surface area (Å²) in [5.41, 5.74) is 1.83. The molecule has 1 atom stereocenters. The van der Waals surface area contributed by atoms with E-state index < -0.39 is 0 Å². The van der Waals surface area contributed by atoms with Gasteiger partial charge in [0.2, 0.25) is 0 Å². The van der Waals surface area contributed by atoms with Crippen LogP contribution in [0, 0.1) is 11.3 Å². The van der Waals surface area contributed by atoms with Crippen LogP contribution in [0.3, 0.4) is 0 Å². The Morgan fingerprint density at radius 1 is 1.13 bits per heavy atom. The lowest BCUT2D eigenvalue weighted by molar-refractivity contribution is 0.0440. The highest BCUT2D eigenvalue weighted by Crippen LogP contribution is 2.54. The fourth-order valence-electron chi connectivity index (χ4n) is 5.17. The molecule has 0 aromatic carbocycles. The average molecular weight is 330 g/mol. The fourth-order valence-corrected chi connectivity index (χ4v) is 6.47. The van der Waals surface area contributed by atoms with Gasteiger partial charge in [0.25, 0.3) is 0 Å². The molecule has 3 aliphatic carbocycles. The highest BCUT2D eigenvalue weighted by atomic mass is 32.1. The van der Waals surface area contributed by atoms with Crippen LogP contribution < -0.4 is 0 Å². The van der Waals surface area contributed by atoms with Crippen LogP contribution >= 0.6 is 11.3 Å². The largest absolute Gasteiger partial charge is 0.387 e. The molecule has 0 amide bonds. The fraction of sp³-hybridized carbons (Fsp3) is 0.737. The molecule has 0 saturated heterocycles. The van der Waals surface area contributed by atoms with Crippen LogP contribution in [0.4, 0.5) is 0 Å². The molecule has 4 heteroatoms. The van der Waals surface area contributed by atoms with Gasteiger partial charge in [-0.25, -0.2) is 4.98 Å². The zero-order valence-electron chi connectivity index (χ0n) is 13.7. The summed E-state index contributed by atoms with van der Waals surface area (Å²) in [6, 6.07) is 0. The molecule has 2 heterocycles. The maximum Gasteiger partial charge on any atom is 0.120 e. The van der Waals surface area contributed by atoms with Gasteiger partial charge in [0, 0.05) is 4.88 Å². The molecule has 0 bridgehead atoms. The molecule has 124 valence electrons. The van der Waals surface area contributed by atoms with E-state index in [1.54, 1.807) is 0 Å². The Hall–Kier alpha value is -0.870. The van der Waals surface area contributed by atoms with E-state index in [4.69, 9.17) is 0 Å². The number of rotatable bonds is 3. The van der Waals surface area contributed by atoms with Crippen LogP contribution in [0.15, 0.2) is 12.5 Å². The predicted octanol–water partition coefficient (Wildman–Crippen LogP) is 5.06. The molecule has 5 rings (SSSR count). The number of imidazole rings is 1. The summed E-state index contributed by atoms with van der Waals surface area (Å²) in [5, 5.41) is 11.2. The summed E-state index contributed by atoms with van der Waals surface area (Å²) in [7, 11) is 0. The molecule has 0 aliphatic heterocycles. The number of fused-ring (bicyclic) bond motifs is 1. The van der Waals surface area contributed by atoms with Crippen molar-refractivity contribution in [2.45, 2.75) is 76.2 Å². The van der Waals surface area contributed by atoms with Gasteiger partial charge >= 0.3 is 0 Å². The maximum absolute atomic E-state index is 11.2.